The van der Waals surface area contributed by atoms with Crippen molar-refractivity contribution in [3.05, 3.63) is 78.4 Å². The van der Waals surface area contributed by atoms with E-state index in [9.17, 15) is 4.79 Å². The highest BCUT2D eigenvalue weighted by atomic mass is 16.5. The van der Waals surface area contributed by atoms with Gasteiger partial charge in [0.15, 0.2) is 0 Å². The molecular formula is C24H22N2O2. The van der Waals surface area contributed by atoms with Gasteiger partial charge in [0.1, 0.15) is 5.75 Å². The van der Waals surface area contributed by atoms with E-state index in [1.807, 2.05) is 42.5 Å². The average molecular weight is 370 g/mol. The smallest absolute Gasteiger partial charge is 0.248 e. The highest BCUT2D eigenvalue weighted by molar-refractivity contribution is 6.10. The molecule has 1 heterocycles. The number of para-hydroxylation sites is 1. The van der Waals surface area contributed by atoms with Crippen molar-refractivity contribution < 1.29 is 9.53 Å². The van der Waals surface area contributed by atoms with E-state index in [4.69, 9.17) is 4.74 Å². The van der Waals surface area contributed by atoms with Gasteiger partial charge in [0, 0.05) is 40.1 Å². The van der Waals surface area contributed by atoms with Gasteiger partial charge in [-0.3, -0.25) is 4.79 Å². The fourth-order valence-corrected chi connectivity index (χ4v) is 3.54. The maximum Gasteiger partial charge on any atom is 0.248 e. The topological polar surface area (TPSA) is 43.3 Å². The van der Waals surface area contributed by atoms with E-state index in [1.54, 1.807) is 19.3 Å². The zero-order valence-corrected chi connectivity index (χ0v) is 16.0. The summed E-state index contributed by atoms with van der Waals surface area (Å²) >= 11 is 0. The average Bonchev–Trinajstić information content (AvgIpc) is 3.05. The minimum absolute atomic E-state index is 0.158. The van der Waals surface area contributed by atoms with Crippen LogP contribution in [0.4, 0.5) is 5.69 Å². The molecule has 4 nitrogen and oxygen atoms in total. The lowest BCUT2D eigenvalue weighted by Crippen LogP contribution is -2.07. The Hall–Kier alpha value is -3.53. The number of ether oxygens (including phenoxy) is 1. The summed E-state index contributed by atoms with van der Waals surface area (Å²) < 4.78 is 7.44. The van der Waals surface area contributed by atoms with Crippen LogP contribution < -0.4 is 10.1 Å². The Morgan fingerprint density at radius 3 is 2.50 bits per heavy atom. The van der Waals surface area contributed by atoms with Crippen molar-refractivity contribution in [1.29, 1.82) is 0 Å². The number of carbonyl (C=O) groups excluding carboxylic acids is 1. The number of aryl methyl sites for hydroxylation is 1. The van der Waals surface area contributed by atoms with Crippen LogP contribution in [0.1, 0.15) is 12.5 Å². The summed E-state index contributed by atoms with van der Waals surface area (Å²) in [5.41, 5.74) is 4.12. The number of hydrogen-bond acceptors (Lipinski definition) is 2. The molecule has 3 aromatic carbocycles. The van der Waals surface area contributed by atoms with Crippen LogP contribution >= 0.6 is 0 Å². The van der Waals surface area contributed by atoms with Gasteiger partial charge < -0.3 is 14.6 Å². The van der Waals surface area contributed by atoms with Crippen molar-refractivity contribution in [2.24, 2.45) is 0 Å². The number of aromatic nitrogens is 1. The molecule has 4 rings (SSSR count). The lowest BCUT2D eigenvalue weighted by molar-refractivity contribution is -0.111. The van der Waals surface area contributed by atoms with E-state index in [0.29, 0.717) is 0 Å². The van der Waals surface area contributed by atoms with Crippen LogP contribution in [-0.4, -0.2) is 17.6 Å². The third kappa shape index (κ3) is 3.37. The predicted molar refractivity (Wildman–Crippen MR) is 116 cm³/mol. The number of rotatable bonds is 5. The van der Waals surface area contributed by atoms with Crippen LogP contribution in [0.2, 0.25) is 0 Å². The normalized spacial score (nSPS) is 11.4. The van der Waals surface area contributed by atoms with Gasteiger partial charge in [-0.25, -0.2) is 0 Å². The first-order valence-corrected chi connectivity index (χ1v) is 9.33. The quantitative estimate of drug-likeness (QED) is 0.473. The number of nitrogens with zero attached hydrogens (tertiary/aromatic N) is 1. The number of nitrogens with one attached hydrogen (secondary N) is 1. The predicted octanol–water partition coefficient (Wildman–Crippen LogP) is 5.47. The van der Waals surface area contributed by atoms with Crippen LogP contribution in [0.5, 0.6) is 5.75 Å². The largest absolute Gasteiger partial charge is 0.497 e. The van der Waals surface area contributed by atoms with Crippen molar-refractivity contribution in [1.82, 2.24) is 4.57 Å². The molecule has 28 heavy (non-hydrogen) atoms. The zero-order chi connectivity index (χ0) is 19.5. The summed E-state index contributed by atoms with van der Waals surface area (Å²) in [4.78, 5) is 12.3. The molecule has 0 aliphatic heterocycles. The number of anilines is 1. The number of benzene rings is 3. The molecular weight excluding hydrogens is 348 g/mol. The summed E-state index contributed by atoms with van der Waals surface area (Å²) in [7, 11) is 1.63. The molecule has 0 saturated heterocycles. The summed E-state index contributed by atoms with van der Waals surface area (Å²) in [6.07, 6.45) is 3.33. The maximum absolute atomic E-state index is 12.3. The molecule has 1 amide bonds. The molecule has 4 aromatic rings. The molecule has 0 saturated carbocycles. The minimum atomic E-state index is -0.158. The number of amides is 1. The van der Waals surface area contributed by atoms with Gasteiger partial charge in [-0.1, -0.05) is 30.3 Å². The second-order valence-electron chi connectivity index (χ2n) is 6.59. The Bertz CT molecular complexity index is 1170. The Morgan fingerprint density at radius 1 is 1.00 bits per heavy atom. The Morgan fingerprint density at radius 2 is 1.75 bits per heavy atom. The molecule has 1 N–H and O–H groups in total. The van der Waals surface area contributed by atoms with Crippen molar-refractivity contribution in [2.45, 2.75) is 13.5 Å². The van der Waals surface area contributed by atoms with Crippen molar-refractivity contribution in [3.8, 4) is 5.75 Å². The number of hydrogen-bond donors (Lipinski definition) is 1. The molecule has 0 aliphatic carbocycles. The molecule has 0 atom stereocenters. The van der Waals surface area contributed by atoms with E-state index in [-0.39, 0.29) is 5.91 Å². The minimum Gasteiger partial charge on any atom is -0.497 e. The summed E-state index contributed by atoms with van der Waals surface area (Å²) in [6, 6.07) is 22.0. The first kappa shape index (κ1) is 17.9. The van der Waals surface area contributed by atoms with E-state index in [1.165, 1.54) is 16.4 Å². The maximum atomic E-state index is 12.3. The fraction of sp³-hybridized carbons (Fsp3) is 0.125. The fourth-order valence-electron chi connectivity index (χ4n) is 3.54. The van der Waals surface area contributed by atoms with Gasteiger partial charge in [-0.15, -0.1) is 0 Å². The number of methoxy groups -OCH3 is 1. The van der Waals surface area contributed by atoms with Crippen molar-refractivity contribution in [2.75, 3.05) is 12.4 Å². The van der Waals surface area contributed by atoms with E-state index in [2.05, 4.69) is 41.1 Å². The zero-order valence-electron chi connectivity index (χ0n) is 16.0. The number of carbonyl (C=O) groups is 1. The number of fused-ring (bicyclic) bond motifs is 3. The van der Waals surface area contributed by atoms with Gasteiger partial charge in [0.2, 0.25) is 5.91 Å². The summed E-state index contributed by atoms with van der Waals surface area (Å²) in [6.45, 7) is 3.05. The molecule has 0 bridgehead atoms. The van der Waals surface area contributed by atoms with Gasteiger partial charge in [0.25, 0.3) is 0 Å². The van der Waals surface area contributed by atoms with Crippen molar-refractivity contribution in [3.63, 3.8) is 0 Å². The molecule has 1 aromatic heterocycles. The second-order valence-corrected chi connectivity index (χ2v) is 6.59. The Kier molecular flexibility index (Phi) is 4.85. The van der Waals surface area contributed by atoms with Crippen LogP contribution in [-0.2, 0) is 11.3 Å². The first-order valence-electron chi connectivity index (χ1n) is 9.33. The lowest BCUT2D eigenvalue weighted by atomic mass is 10.1. The van der Waals surface area contributed by atoms with E-state index >= 15 is 0 Å². The lowest BCUT2D eigenvalue weighted by Gasteiger charge is -2.05. The van der Waals surface area contributed by atoms with Gasteiger partial charge in [0.05, 0.1) is 7.11 Å². The van der Waals surface area contributed by atoms with E-state index < -0.39 is 0 Å². The van der Waals surface area contributed by atoms with E-state index in [0.717, 1.165) is 28.9 Å². The highest BCUT2D eigenvalue weighted by Crippen LogP contribution is 2.31. The molecule has 140 valence electrons. The standard InChI is InChI=1S/C24H22N2O2/c1-3-26-22-7-5-4-6-20(22)21-16-18(11-14-23(21)26)25-24(27)15-10-17-8-12-19(28-2)13-9-17/h4-16H,3H2,1-2H3,(H,25,27)/b15-10+. The summed E-state index contributed by atoms with van der Waals surface area (Å²) in [5.74, 6) is 0.635. The third-order valence-electron chi connectivity index (χ3n) is 4.90. The van der Waals surface area contributed by atoms with Crippen LogP contribution in [0.15, 0.2) is 72.8 Å². The van der Waals surface area contributed by atoms with Crippen LogP contribution in [0, 0.1) is 0 Å². The van der Waals surface area contributed by atoms with Crippen LogP contribution in [0.3, 0.4) is 0 Å². The highest BCUT2D eigenvalue weighted by Gasteiger charge is 2.10. The summed E-state index contributed by atoms with van der Waals surface area (Å²) in [5, 5.41) is 5.31. The Labute approximate surface area is 164 Å². The SMILES string of the molecule is CCn1c2ccccc2c2cc(NC(=O)/C=C/c3ccc(OC)cc3)ccc21. The van der Waals surface area contributed by atoms with Crippen LogP contribution in [0.25, 0.3) is 27.9 Å². The van der Waals surface area contributed by atoms with Gasteiger partial charge >= 0.3 is 0 Å². The Balaban J connectivity index is 1.58. The third-order valence-corrected chi connectivity index (χ3v) is 4.90. The molecule has 4 heteroatoms. The van der Waals surface area contributed by atoms with Crippen molar-refractivity contribution >= 4 is 39.5 Å². The molecule has 0 aliphatic rings. The molecule has 0 radical (unpaired) electrons. The second kappa shape index (κ2) is 7.61. The molecule has 0 unspecified atom stereocenters. The first-order chi connectivity index (χ1) is 13.7. The van der Waals surface area contributed by atoms with Gasteiger partial charge in [-0.05, 0) is 55.0 Å². The molecule has 0 fully saturated rings. The van der Waals surface area contributed by atoms with Gasteiger partial charge in [-0.2, -0.15) is 0 Å². The monoisotopic (exact) mass is 370 g/mol. The molecule has 0 spiro atoms.